The van der Waals surface area contributed by atoms with Gasteiger partial charge in [0.2, 0.25) is 0 Å². The van der Waals surface area contributed by atoms with Crippen LogP contribution >= 0.6 is 15.9 Å². The Morgan fingerprint density at radius 2 is 1.80 bits per heavy atom. The van der Waals surface area contributed by atoms with Gasteiger partial charge in [0.1, 0.15) is 0 Å². The number of benzene rings is 2. The number of carbonyl (C=O) groups is 1. The Morgan fingerprint density at radius 1 is 1.10 bits per heavy atom. The highest BCUT2D eigenvalue weighted by molar-refractivity contribution is 9.10. The molecule has 102 valence electrons. The van der Waals surface area contributed by atoms with Crippen LogP contribution in [-0.2, 0) is 11.2 Å². The molecule has 0 bridgehead atoms. The maximum absolute atomic E-state index is 10.7. The molecule has 0 saturated carbocycles. The van der Waals surface area contributed by atoms with Crippen molar-refractivity contribution in [3.63, 3.8) is 0 Å². The first-order valence-electron chi connectivity index (χ1n) is 6.32. The summed E-state index contributed by atoms with van der Waals surface area (Å²) in [4.78, 5) is 10.7. The van der Waals surface area contributed by atoms with E-state index in [-0.39, 0.29) is 5.57 Å². The average Bonchev–Trinajstić information content (AvgIpc) is 2.45. The predicted octanol–water partition coefficient (Wildman–Crippen LogP) is 4.69. The third kappa shape index (κ3) is 3.81. The molecule has 2 aromatic rings. The number of carboxylic acids is 1. The van der Waals surface area contributed by atoms with E-state index in [9.17, 15) is 4.79 Å². The van der Waals surface area contributed by atoms with Crippen LogP contribution in [0.25, 0.3) is 11.1 Å². The van der Waals surface area contributed by atoms with E-state index in [0.717, 1.165) is 21.2 Å². The average molecular weight is 331 g/mol. The highest BCUT2D eigenvalue weighted by atomic mass is 79.9. The van der Waals surface area contributed by atoms with Gasteiger partial charge < -0.3 is 5.11 Å². The van der Waals surface area contributed by atoms with Crippen molar-refractivity contribution in [1.29, 1.82) is 0 Å². The second-order valence-electron chi connectivity index (χ2n) is 4.62. The molecule has 0 atom stereocenters. The summed E-state index contributed by atoms with van der Waals surface area (Å²) in [6.45, 7) is 3.55. The summed E-state index contributed by atoms with van der Waals surface area (Å²) in [5, 5.41) is 8.81. The van der Waals surface area contributed by atoms with Crippen LogP contribution in [0.3, 0.4) is 0 Å². The summed E-state index contributed by atoms with van der Waals surface area (Å²) >= 11 is 3.42. The van der Waals surface area contributed by atoms with Crippen molar-refractivity contribution >= 4 is 21.9 Å². The Balaban J connectivity index is 2.14. The van der Waals surface area contributed by atoms with Crippen molar-refractivity contribution in [1.82, 2.24) is 0 Å². The molecule has 0 radical (unpaired) electrons. The molecule has 0 aliphatic carbocycles. The van der Waals surface area contributed by atoms with E-state index in [4.69, 9.17) is 5.11 Å². The zero-order valence-corrected chi connectivity index (χ0v) is 12.6. The molecule has 0 heterocycles. The molecule has 0 aliphatic heterocycles. The molecule has 0 unspecified atom stereocenters. The summed E-state index contributed by atoms with van der Waals surface area (Å²) < 4.78 is 1.05. The molecule has 2 nitrogen and oxygen atoms in total. The van der Waals surface area contributed by atoms with Crippen LogP contribution in [0.5, 0.6) is 0 Å². The first-order chi connectivity index (χ1) is 9.56. The van der Waals surface area contributed by atoms with E-state index in [1.807, 2.05) is 24.3 Å². The third-order valence-corrected chi connectivity index (χ3v) is 3.65. The van der Waals surface area contributed by atoms with Crippen LogP contribution in [0.1, 0.15) is 12.0 Å². The lowest BCUT2D eigenvalue weighted by Gasteiger charge is -2.06. The van der Waals surface area contributed by atoms with E-state index >= 15 is 0 Å². The SMILES string of the molecule is C=C(CCc1cccc(-c2ccc(Br)cc2)c1)C(=O)O. The van der Waals surface area contributed by atoms with Gasteiger partial charge in [0.05, 0.1) is 0 Å². The molecule has 0 aromatic heterocycles. The van der Waals surface area contributed by atoms with Gasteiger partial charge in [0.15, 0.2) is 0 Å². The fourth-order valence-electron chi connectivity index (χ4n) is 1.95. The van der Waals surface area contributed by atoms with E-state index in [1.54, 1.807) is 0 Å². The minimum atomic E-state index is -0.922. The summed E-state index contributed by atoms with van der Waals surface area (Å²) in [6, 6.07) is 16.3. The molecule has 0 aliphatic rings. The van der Waals surface area contributed by atoms with Gasteiger partial charge in [-0.15, -0.1) is 0 Å². The number of aryl methyl sites for hydroxylation is 1. The van der Waals surface area contributed by atoms with Gasteiger partial charge in [0.25, 0.3) is 0 Å². The summed E-state index contributed by atoms with van der Waals surface area (Å²) in [6.07, 6.45) is 1.16. The van der Waals surface area contributed by atoms with Crippen molar-refractivity contribution in [3.05, 3.63) is 70.7 Å². The van der Waals surface area contributed by atoms with Crippen LogP contribution < -0.4 is 0 Å². The fourth-order valence-corrected chi connectivity index (χ4v) is 2.22. The Labute approximate surface area is 126 Å². The van der Waals surface area contributed by atoms with Crippen LogP contribution in [0.2, 0.25) is 0 Å². The highest BCUT2D eigenvalue weighted by Gasteiger charge is 2.05. The maximum atomic E-state index is 10.7. The van der Waals surface area contributed by atoms with Crippen LogP contribution in [-0.4, -0.2) is 11.1 Å². The maximum Gasteiger partial charge on any atom is 0.330 e. The Kier molecular flexibility index (Phi) is 4.74. The molecule has 2 rings (SSSR count). The van der Waals surface area contributed by atoms with Gasteiger partial charge in [-0.3, -0.25) is 0 Å². The van der Waals surface area contributed by atoms with E-state index < -0.39 is 5.97 Å². The Morgan fingerprint density at radius 3 is 2.45 bits per heavy atom. The van der Waals surface area contributed by atoms with E-state index in [0.29, 0.717) is 12.8 Å². The molecule has 3 heteroatoms. The largest absolute Gasteiger partial charge is 0.478 e. The minimum absolute atomic E-state index is 0.249. The van der Waals surface area contributed by atoms with Crippen molar-refractivity contribution in [3.8, 4) is 11.1 Å². The number of carboxylic acid groups (broad SMARTS) is 1. The van der Waals surface area contributed by atoms with E-state index in [1.165, 1.54) is 0 Å². The predicted molar refractivity (Wildman–Crippen MR) is 84.7 cm³/mol. The lowest BCUT2D eigenvalue weighted by atomic mass is 10.00. The first-order valence-corrected chi connectivity index (χ1v) is 7.11. The quantitative estimate of drug-likeness (QED) is 0.807. The second kappa shape index (κ2) is 6.53. The molecular weight excluding hydrogens is 316 g/mol. The van der Waals surface area contributed by atoms with Gasteiger partial charge >= 0.3 is 5.97 Å². The fraction of sp³-hybridized carbons (Fsp3) is 0.118. The highest BCUT2D eigenvalue weighted by Crippen LogP contribution is 2.23. The second-order valence-corrected chi connectivity index (χ2v) is 5.53. The summed E-state index contributed by atoms with van der Waals surface area (Å²) in [7, 11) is 0. The van der Waals surface area contributed by atoms with Gasteiger partial charge in [-0.2, -0.15) is 0 Å². The first kappa shape index (κ1) is 14.5. The molecular formula is C17H15BrO2. The molecule has 0 saturated heterocycles. The number of hydrogen-bond acceptors (Lipinski definition) is 1. The Bertz CT molecular complexity index is 630. The monoisotopic (exact) mass is 330 g/mol. The normalized spacial score (nSPS) is 10.2. The number of rotatable bonds is 5. The van der Waals surface area contributed by atoms with Gasteiger partial charge in [-0.25, -0.2) is 4.79 Å². The molecule has 20 heavy (non-hydrogen) atoms. The van der Waals surface area contributed by atoms with Crippen molar-refractivity contribution in [2.45, 2.75) is 12.8 Å². The zero-order valence-electron chi connectivity index (χ0n) is 11.0. The molecule has 1 N–H and O–H groups in total. The molecule has 0 spiro atoms. The van der Waals surface area contributed by atoms with Gasteiger partial charge in [0, 0.05) is 10.0 Å². The summed E-state index contributed by atoms with van der Waals surface area (Å²) in [5.41, 5.74) is 3.65. The third-order valence-electron chi connectivity index (χ3n) is 3.12. The van der Waals surface area contributed by atoms with E-state index in [2.05, 4.69) is 46.8 Å². The van der Waals surface area contributed by atoms with Crippen LogP contribution in [0.15, 0.2) is 65.2 Å². The Hall–Kier alpha value is -1.87. The van der Waals surface area contributed by atoms with Crippen LogP contribution in [0, 0.1) is 0 Å². The molecule has 0 fully saturated rings. The minimum Gasteiger partial charge on any atom is -0.478 e. The topological polar surface area (TPSA) is 37.3 Å². The molecule has 2 aromatic carbocycles. The summed E-state index contributed by atoms with van der Waals surface area (Å²) in [5.74, 6) is -0.922. The van der Waals surface area contributed by atoms with Crippen molar-refractivity contribution in [2.24, 2.45) is 0 Å². The number of hydrogen-bond donors (Lipinski definition) is 1. The lowest BCUT2D eigenvalue weighted by molar-refractivity contribution is -0.132. The van der Waals surface area contributed by atoms with Crippen molar-refractivity contribution in [2.75, 3.05) is 0 Å². The number of aliphatic carboxylic acids is 1. The standard InChI is InChI=1S/C17H15BrO2/c1-12(17(19)20)5-6-13-3-2-4-15(11-13)14-7-9-16(18)10-8-14/h2-4,7-11H,1,5-6H2,(H,19,20). The smallest absolute Gasteiger partial charge is 0.330 e. The van der Waals surface area contributed by atoms with Crippen molar-refractivity contribution < 1.29 is 9.90 Å². The zero-order chi connectivity index (χ0) is 14.5. The lowest BCUT2D eigenvalue weighted by Crippen LogP contribution is -2.00. The van der Waals surface area contributed by atoms with Crippen LogP contribution in [0.4, 0.5) is 0 Å². The van der Waals surface area contributed by atoms with Gasteiger partial charge in [-0.05, 0) is 41.7 Å². The molecule has 0 amide bonds. The van der Waals surface area contributed by atoms with Gasteiger partial charge in [-0.1, -0.05) is 58.9 Å². The number of halogens is 1.